The zero-order valence-corrected chi connectivity index (χ0v) is 25.2. The van der Waals surface area contributed by atoms with Gasteiger partial charge in [-0.2, -0.15) is 0 Å². The van der Waals surface area contributed by atoms with Gasteiger partial charge in [0.2, 0.25) is 0 Å². The van der Waals surface area contributed by atoms with Crippen molar-refractivity contribution < 1.29 is 5.11 Å². The summed E-state index contributed by atoms with van der Waals surface area (Å²) >= 11 is 0.794. The van der Waals surface area contributed by atoms with Crippen molar-refractivity contribution in [2.75, 3.05) is 0 Å². The molecule has 0 bridgehead atoms. The van der Waals surface area contributed by atoms with E-state index in [-0.39, 0.29) is 16.6 Å². The average Bonchev–Trinajstić information content (AvgIpc) is 2.72. The Labute approximate surface area is 215 Å². The number of rotatable bonds is 14. The number of unbranched alkanes of at least 4 members (excludes halogenated alkanes) is 10. The van der Waals surface area contributed by atoms with Crippen LogP contribution in [0.5, 0.6) is 5.75 Å². The van der Waals surface area contributed by atoms with Crippen molar-refractivity contribution in [2.24, 2.45) is 0 Å². The fraction of sp³-hybridized carbons (Fsp3) is 0.806. The van der Waals surface area contributed by atoms with Crippen LogP contribution in [0.4, 0.5) is 0 Å². The van der Waals surface area contributed by atoms with Crippen molar-refractivity contribution in [3.05, 3.63) is 28.8 Å². The Kier molecular flexibility index (Phi) is 17.7. The van der Waals surface area contributed by atoms with Crippen LogP contribution in [0.15, 0.2) is 12.1 Å². The van der Waals surface area contributed by atoms with E-state index in [4.69, 9.17) is 0 Å². The predicted molar refractivity (Wildman–Crippen MR) is 150 cm³/mol. The monoisotopic (exact) mass is 472 g/mol. The molecule has 0 heterocycles. The van der Waals surface area contributed by atoms with Crippen LogP contribution >= 0.6 is 0 Å². The maximum atomic E-state index is 12.4. The van der Waals surface area contributed by atoms with Gasteiger partial charge in [-0.1, -0.05) is 59.2 Å². The molecule has 0 amide bonds. The van der Waals surface area contributed by atoms with E-state index in [1.807, 2.05) is 12.1 Å². The minimum absolute atomic E-state index is 0.0803. The number of hydrogen-bond acceptors (Lipinski definition) is 1. The van der Waals surface area contributed by atoms with Crippen LogP contribution in [0.3, 0.4) is 0 Å². The molecule has 0 spiro atoms. The number of hydrogen-bond donors (Lipinski definition) is 0. The van der Waals surface area contributed by atoms with Crippen LogP contribution in [-0.4, -0.2) is 15.2 Å². The Morgan fingerprint density at radius 2 is 0.939 bits per heavy atom. The van der Waals surface area contributed by atoms with Gasteiger partial charge in [-0.3, -0.25) is 0 Å². The molecular weight excluding hydrogens is 415 g/mol. The molecule has 190 valence electrons. The number of aryl methyl sites for hydroxylation is 1. The molecule has 0 aliphatic carbocycles. The summed E-state index contributed by atoms with van der Waals surface area (Å²) in [5.74, 6) is 0.214. The van der Waals surface area contributed by atoms with E-state index in [1.165, 1.54) is 82.6 Å². The fourth-order valence-electron chi connectivity index (χ4n) is 4.17. The van der Waals surface area contributed by atoms with Gasteiger partial charge in [0.05, 0.1) is 0 Å². The molecule has 0 N–H and O–H groups in total. The van der Waals surface area contributed by atoms with Gasteiger partial charge in [0, 0.05) is 0 Å². The normalized spacial score (nSPS) is 11.7. The van der Waals surface area contributed by atoms with Crippen molar-refractivity contribution in [2.45, 2.75) is 161 Å². The largest absolute Gasteiger partial charge is 0.872 e. The van der Waals surface area contributed by atoms with Crippen molar-refractivity contribution in [3.63, 3.8) is 0 Å². The van der Waals surface area contributed by atoms with E-state index < -0.39 is 0 Å². The van der Waals surface area contributed by atoms with Crippen LogP contribution in [0.25, 0.3) is 0 Å². The summed E-state index contributed by atoms with van der Waals surface area (Å²) in [6, 6.07) is 4.05. The Morgan fingerprint density at radius 1 is 0.606 bits per heavy atom. The van der Waals surface area contributed by atoms with Gasteiger partial charge in [0.15, 0.2) is 0 Å². The van der Waals surface area contributed by atoms with E-state index >= 15 is 0 Å². The first kappa shape index (κ1) is 32.6. The minimum atomic E-state index is -0.0803. The molecule has 1 aromatic rings. The molecule has 0 atom stereocenters. The van der Waals surface area contributed by atoms with E-state index in [2.05, 4.69) is 62.3 Å². The zero-order valence-electron chi connectivity index (χ0n) is 24.0. The molecule has 0 radical (unpaired) electrons. The maximum Gasteiger partial charge on any atom is -0.0138 e. The van der Waals surface area contributed by atoms with Crippen LogP contribution in [-0.2, 0) is 10.8 Å². The summed E-state index contributed by atoms with van der Waals surface area (Å²) in [4.78, 5) is 0. The van der Waals surface area contributed by atoms with Gasteiger partial charge in [-0.15, -0.1) is 5.75 Å². The predicted octanol–water partition coefficient (Wildman–Crippen LogP) is 9.91. The van der Waals surface area contributed by atoms with Crippen LogP contribution in [0, 0.1) is 6.92 Å². The van der Waals surface area contributed by atoms with Crippen molar-refractivity contribution in [1.29, 1.82) is 0 Å². The minimum Gasteiger partial charge on any atom is -0.872 e. The SMILES string of the molecule is CCCCCCC[CH2][Al+][CH2]CCCCCCC.Cc1cc(C(C)(C)C)c([O-])c(C(C)(C)C)c1. The number of benzene rings is 1. The maximum absolute atomic E-state index is 12.4. The van der Waals surface area contributed by atoms with Crippen LogP contribution in [0.1, 0.15) is 149 Å². The molecule has 0 saturated heterocycles. The quantitative estimate of drug-likeness (QED) is 0.195. The van der Waals surface area contributed by atoms with Gasteiger partial charge in [-0.05, 0) is 28.9 Å². The van der Waals surface area contributed by atoms with E-state index in [9.17, 15) is 5.11 Å². The van der Waals surface area contributed by atoms with E-state index in [1.54, 1.807) is 10.6 Å². The molecule has 1 rings (SSSR count). The summed E-state index contributed by atoms with van der Waals surface area (Å²) in [5.41, 5.74) is 2.87. The molecule has 1 aromatic carbocycles. The Bertz CT molecular complexity index is 557. The molecule has 0 saturated carbocycles. The Balaban J connectivity index is 0.000000621. The standard InChI is InChI=1S/C15H24O.2C8H17.Al/c1-10-8-11(14(2,3)4)13(16)12(9-10)15(5,6)7;2*1-3-5-7-8-6-4-2;/h8-9,16H,1-7H3;2*1,3-8H2,2H3;/q;;;+1/p-1. The molecule has 0 aliphatic rings. The molecular formula is C31H57AlO. The summed E-state index contributed by atoms with van der Waals surface area (Å²) in [7, 11) is 0. The third-order valence-corrected chi connectivity index (χ3v) is 8.01. The molecule has 0 aliphatic heterocycles. The third kappa shape index (κ3) is 16.0. The van der Waals surface area contributed by atoms with Gasteiger partial charge < -0.3 is 5.11 Å². The Morgan fingerprint density at radius 3 is 1.27 bits per heavy atom. The molecule has 33 heavy (non-hydrogen) atoms. The van der Waals surface area contributed by atoms with Crippen molar-refractivity contribution >= 4 is 15.2 Å². The molecule has 0 fully saturated rings. The molecule has 0 aromatic heterocycles. The third-order valence-electron chi connectivity index (χ3n) is 6.37. The zero-order chi connectivity index (χ0) is 25.3. The summed E-state index contributed by atoms with van der Waals surface area (Å²) < 4.78 is 0. The van der Waals surface area contributed by atoms with Crippen LogP contribution < -0.4 is 5.11 Å². The topological polar surface area (TPSA) is 23.1 Å². The van der Waals surface area contributed by atoms with Crippen molar-refractivity contribution in [3.8, 4) is 5.75 Å². The smallest absolute Gasteiger partial charge is 0.0138 e. The van der Waals surface area contributed by atoms with Gasteiger partial charge >= 0.3 is 117 Å². The first-order chi connectivity index (χ1) is 15.4. The molecule has 2 heteroatoms. The second-order valence-corrected chi connectivity index (χ2v) is 13.8. The Hall–Kier alpha value is -0.448. The van der Waals surface area contributed by atoms with Gasteiger partial charge in [0.1, 0.15) is 0 Å². The van der Waals surface area contributed by atoms with Crippen molar-refractivity contribution in [1.82, 2.24) is 0 Å². The van der Waals surface area contributed by atoms with Gasteiger partial charge in [-0.25, -0.2) is 0 Å². The summed E-state index contributed by atoms with van der Waals surface area (Å²) in [6.07, 6.45) is 17.6. The van der Waals surface area contributed by atoms with E-state index in [0.29, 0.717) is 0 Å². The second kappa shape index (κ2) is 17.9. The average molecular weight is 473 g/mol. The van der Waals surface area contributed by atoms with Gasteiger partial charge in [0.25, 0.3) is 0 Å². The summed E-state index contributed by atoms with van der Waals surface area (Å²) in [5, 5.41) is 15.6. The van der Waals surface area contributed by atoms with E-state index in [0.717, 1.165) is 26.3 Å². The van der Waals surface area contributed by atoms with Crippen LogP contribution in [0.2, 0.25) is 10.6 Å². The molecule has 1 nitrogen and oxygen atoms in total. The second-order valence-electron chi connectivity index (χ2n) is 12.1. The summed E-state index contributed by atoms with van der Waals surface area (Å²) in [6.45, 7) is 19.2. The fourth-order valence-corrected chi connectivity index (χ4v) is 5.61. The first-order valence-corrected chi connectivity index (χ1v) is 15.7. The molecule has 0 unspecified atom stereocenters. The first-order valence-electron chi connectivity index (χ1n) is 14.1.